The molecule has 0 bridgehead atoms. The maximum atomic E-state index is 12.5. The Morgan fingerprint density at radius 2 is 2.00 bits per heavy atom. The van der Waals surface area contributed by atoms with Crippen molar-refractivity contribution in [3.8, 4) is 5.75 Å². The van der Waals surface area contributed by atoms with Gasteiger partial charge in [0.15, 0.2) is 0 Å². The van der Waals surface area contributed by atoms with Gasteiger partial charge >= 0.3 is 0 Å². The lowest BCUT2D eigenvalue weighted by Crippen LogP contribution is -2.31. The highest BCUT2D eigenvalue weighted by Gasteiger charge is 2.19. The van der Waals surface area contributed by atoms with Crippen LogP contribution in [0.15, 0.2) is 47.4 Å². The van der Waals surface area contributed by atoms with Gasteiger partial charge in [-0.05, 0) is 55.3 Å². The highest BCUT2D eigenvalue weighted by atomic mass is 35.5. The fraction of sp³-hybridized carbons (Fsp3) is 0.316. The zero-order valence-electron chi connectivity index (χ0n) is 15.3. The van der Waals surface area contributed by atoms with Gasteiger partial charge in [-0.2, -0.15) is 0 Å². The van der Waals surface area contributed by atoms with Crippen molar-refractivity contribution in [2.24, 2.45) is 0 Å². The zero-order valence-corrected chi connectivity index (χ0v) is 16.8. The van der Waals surface area contributed by atoms with Gasteiger partial charge in [-0.1, -0.05) is 11.6 Å². The van der Waals surface area contributed by atoms with Crippen molar-refractivity contribution in [3.05, 3.63) is 53.1 Å². The predicted octanol–water partition coefficient (Wildman–Crippen LogP) is 3.06. The van der Waals surface area contributed by atoms with Crippen LogP contribution >= 0.6 is 11.6 Å². The molecule has 2 aromatic carbocycles. The van der Waals surface area contributed by atoms with Crippen molar-refractivity contribution in [1.82, 2.24) is 5.32 Å². The van der Waals surface area contributed by atoms with E-state index in [1.807, 2.05) is 0 Å². The van der Waals surface area contributed by atoms with E-state index in [2.05, 4.69) is 10.0 Å². The lowest BCUT2D eigenvalue weighted by Gasteiger charge is -2.13. The van der Waals surface area contributed by atoms with Crippen LogP contribution in [0.1, 0.15) is 23.2 Å². The second-order valence-corrected chi connectivity index (χ2v) is 8.41. The van der Waals surface area contributed by atoms with Gasteiger partial charge < -0.3 is 14.8 Å². The summed E-state index contributed by atoms with van der Waals surface area (Å²) in [6.45, 7) is 1.13. The minimum Gasteiger partial charge on any atom is -0.497 e. The molecule has 0 saturated carbocycles. The first-order chi connectivity index (χ1) is 13.4. The highest BCUT2D eigenvalue weighted by molar-refractivity contribution is 7.92. The molecule has 1 saturated heterocycles. The van der Waals surface area contributed by atoms with Gasteiger partial charge in [0.25, 0.3) is 15.9 Å². The Balaban J connectivity index is 1.67. The number of halogens is 1. The molecule has 3 rings (SSSR count). The predicted molar refractivity (Wildman–Crippen MR) is 107 cm³/mol. The molecule has 0 spiro atoms. The molecule has 1 atom stereocenters. The van der Waals surface area contributed by atoms with E-state index >= 15 is 0 Å². The van der Waals surface area contributed by atoms with E-state index in [-0.39, 0.29) is 33.2 Å². The van der Waals surface area contributed by atoms with E-state index in [0.29, 0.717) is 18.9 Å². The second-order valence-electron chi connectivity index (χ2n) is 6.32. The number of nitrogens with one attached hydrogen (secondary N) is 2. The first-order valence-electron chi connectivity index (χ1n) is 8.75. The molecule has 2 N–H and O–H groups in total. The Morgan fingerprint density at radius 3 is 2.61 bits per heavy atom. The molecule has 1 amide bonds. The number of ether oxygens (including phenoxy) is 2. The van der Waals surface area contributed by atoms with E-state index in [9.17, 15) is 13.2 Å². The van der Waals surface area contributed by atoms with Crippen LogP contribution in [0.25, 0.3) is 0 Å². The van der Waals surface area contributed by atoms with Crippen LogP contribution in [-0.2, 0) is 14.8 Å². The molecule has 0 aromatic heterocycles. The molecule has 150 valence electrons. The fourth-order valence-corrected chi connectivity index (χ4v) is 4.15. The number of sulfonamides is 1. The van der Waals surface area contributed by atoms with Crippen molar-refractivity contribution in [3.63, 3.8) is 0 Å². The number of hydrogen-bond acceptors (Lipinski definition) is 5. The van der Waals surface area contributed by atoms with Gasteiger partial charge in [0.05, 0.1) is 34.4 Å². The smallest absolute Gasteiger partial charge is 0.261 e. The second kappa shape index (κ2) is 8.81. The Kier molecular flexibility index (Phi) is 6.43. The van der Waals surface area contributed by atoms with E-state index in [4.69, 9.17) is 21.1 Å². The van der Waals surface area contributed by atoms with Crippen LogP contribution in [-0.4, -0.2) is 40.7 Å². The van der Waals surface area contributed by atoms with Gasteiger partial charge in [0.1, 0.15) is 5.75 Å². The van der Waals surface area contributed by atoms with E-state index in [0.717, 1.165) is 12.8 Å². The summed E-state index contributed by atoms with van der Waals surface area (Å²) in [6.07, 6.45) is 1.93. The summed E-state index contributed by atoms with van der Waals surface area (Å²) >= 11 is 6.19. The number of carbonyl (C=O) groups is 1. The van der Waals surface area contributed by atoms with Crippen molar-refractivity contribution < 1.29 is 22.7 Å². The summed E-state index contributed by atoms with van der Waals surface area (Å²) in [5, 5.41) is 2.94. The van der Waals surface area contributed by atoms with Gasteiger partial charge in [-0.15, -0.1) is 0 Å². The van der Waals surface area contributed by atoms with Gasteiger partial charge in [-0.3, -0.25) is 9.52 Å². The van der Waals surface area contributed by atoms with Gasteiger partial charge in [0, 0.05) is 13.2 Å². The van der Waals surface area contributed by atoms with Gasteiger partial charge in [0.2, 0.25) is 0 Å². The molecule has 9 heteroatoms. The molecule has 1 heterocycles. The molecular formula is C19H21ClN2O5S. The number of carbonyl (C=O) groups excluding carboxylic acids is 1. The van der Waals surface area contributed by atoms with E-state index < -0.39 is 10.0 Å². The molecule has 0 aliphatic carbocycles. The SMILES string of the molecule is COc1ccc(S(=O)(=O)Nc2ccc(C(=O)NC[C@H]3CCCO3)c(Cl)c2)cc1. The minimum atomic E-state index is -3.79. The van der Waals surface area contributed by atoms with Crippen LogP contribution < -0.4 is 14.8 Å². The standard InChI is InChI=1S/C19H21ClN2O5S/c1-26-14-5-7-16(8-6-14)28(24,25)22-13-4-9-17(18(20)11-13)19(23)21-12-15-3-2-10-27-15/h4-9,11,15,22H,2-3,10,12H2,1H3,(H,21,23)/t15-/m1/s1. The monoisotopic (exact) mass is 424 g/mol. The summed E-state index contributed by atoms with van der Waals surface area (Å²) in [6, 6.07) is 10.4. The molecule has 28 heavy (non-hydrogen) atoms. The summed E-state index contributed by atoms with van der Waals surface area (Å²) < 4.78 is 37.9. The maximum absolute atomic E-state index is 12.5. The average molecular weight is 425 g/mol. The molecule has 2 aromatic rings. The third kappa shape index (κ3) is 4.95. The number of rotatable bonds is 7. The molecule has 1 aliphatic heterocycles. The average Bonchev–Trinajstić information content (AvgIpc) is 3.19. The Bertz CT molecular complexity index is 941. The molecule has 0 unspecified atom stereocenters. The van der Waals surface area contributed by atoms with Crippen molar-refractivity contribution in [1.29, 1.82) is 0 Å². The third-order valence-corrected chi connectivity index (χ3v) is 6.06. The first kappa shape index (κ1) is 20.4. The Labute approximate surface area is 169 Å². The van der Waals surface area contributed by atoms with Crippen LogP contribution in [0.4, 0.5) is 5.69 Å². The topological polar surface area (TPSA) is 93.7 Å². The summed E-state index contributed by atoms with van der Waals surface area (Å²) in [5.41, 5.74) is 0.531. The number of benzene rings is 2. The number of anilines is 1. The Hall–Kier alpha value is -2.29. The number of hydrogen-bond donors (Lipinski definition) is 2. The van der Waals surface area contributed by atoms with Crippen molar-refractivity contribution in [2.45, 2.75) is 23.8 Å². The van der Waals surface area contributed by atoms with Crippen LogP contribution in [0.5, 0.6) is 5.75 Å². The minimum absolute atomic E-state index is 0.0262. The molecule has 1 fully saturated rings. The number of amides is 1. The van der Waals surface area contributed by atoms with Crippen molar-refractivity contribution in [2.75, 3.05) is 25.0 Å². The molecule has 1 aliphatic rings. The lowest BCUT2D eigenvalue weighted by molar-refractivity contribution is 0.0858. The fourth-order valence-electron chi connectivity index (χ4n) is 2.84. The van der Waals surface area contributed by atoms with Crippen molar-refractivity contribution >= 4 is 33.2 Å². The third-order valence-electron chi connectivity index (χ3n) is 4.35. The summed E-state index contributed by atoms with van der Waals surface area (Å²) in [7, 11) is -2.29. The molecule has 7 nitrogen and oxygen atoms in total. The molecular weight excluding hydrogens is 404 g/mol. The summed E-state index contributed by atoms with van der Waals surface area (Å²) in [4.78, 5) is 12.4. The van der Waals surface area contributed by atoms with Gasteiger partial charge in [-0.25, -0.2) is 8.42 Å². The highest BCUT2D eigenvalue weighted by Crippen LogP contribution is 2.24. The Morgan fingerprint density at radius 1 is 1.25 bits per heavy atom. The number of methoxy groups -OCH3 is 1. The largest absolute Gasteiger partial charge is 0.497 e. The zero-order chi connectivity index (χ0) is 20.1. The van der Waals surface area contributed by atoms with E-state index in [1.165, 1.54) is 37.4 Å². The normalized spacial score (nSPS) is 16.6. The van der Waals surface area contributed by atoms with Crippen LogP contribution in [0, 0.1) is 0 Å². The van der Waals surface area contributed by atoms with Crippen LogP contribution in [0.3, 0.4) is 0 Å². The van der Waals surface area contributed by atoms with E-state index in [1.54, 1.807) is 12.1 Å². The summed E-state index contributed by atoms with van der Waals surface area (Å²) in [5.74, 6) is 0.227. The maximum Gasteiger partial charge on any atom is 0.261 e. The quantitative estimate of drug-likeness (QED) is 0.712. The first-order valence-corrected chi connectivity index (χ1v) is 10.6. The van der Waals surface area contributed by atoms with Crippen LogP contribution in [0.2, 0.25) is 5.02 Å². The molecule has 0 radical (unpaired) electrons. The lowest BCUT2D eigenvalue weighted by atomic mass is 10.2.